The number of nitrogens with one attached hydrogen (secondary N) is 1. The first kappa shape index (κ1) is 23.9. The van der Waals surface area contributed by atoms with Crippen molar-refractivity contribution in [3.63, 3.8) is 0 Å². The summed E-state index contributed by atoms with van der Waals surface area (Å²) in [5.74, 6) is -0.576. The number of nitrogens with zero attached hydrogens (tertiary/aromatic N) is 4. The quantitative estimate of drug-likeness (QED) is 0.248. The maximum Gasteiger partial charge on any atom is 0.272 e. The number of nitro benzene ring substituents is 1. The lowest BCUT2D eigenvalue weighted by Crippen LogP contribution is -2.47. The van der Waals surface area contributed by atoms with E-state index >= 15 is 0 Å². The summed E-state index contributed by atoms with van der Waals surface area (Å²) in [5.41, 5.74) is 3.40. The highest BCUT2D eigenvalue weighted by molar-refractivity contribution is 6.21. The summed E-state index contributed by atoms with van der Waals surface area (Å²) in [6.07, 6.45) is -0.785. The number of nitro groups is 1. The molecule has 2 aliphatic heterocycles. The second-order valence-electron chi connectivity index (χ2n) is 8.57. The van der Waals surface area contributed by atoms with Crippen molar-refractivity contribution < 1.29 is 19.2 Å². The van der Waals surface area contributed by atoms with E-state index in [1.54, 1.807) is 36.1 Å². The number of rotatable bonds is 5. The van der Waals surface area contributed by atoms with Crippen LogP contribution in [-0.4, -0.2) is 48.2 Å². The van der Waals surface area contributed by atoms with Crippen LogP contribution in [-0.2, 0) is 16.0 Å². The molecule has 5 rings (SSSR count). The van der Waals surface area contributed by atoms with Crippen molar-refractivity contribution in [1.82, 2.24) is 5.32 Å². The molecule has 3 aromatic carbocycles. The summed E-state index contributed by atoms with van der Waals surface area (Å²) in [5, 5.41) is 14.4. The van der Waals surface area contributed by atoms with E-state index in [2.05, 4.69) is 15.3 Å². The van der Waals surface area contributed by atoms with Gasteiger partial charge >= 0.3 is 0 Å². The fourth-order valence-corrected chi connectivity index (χ4v) is 4.54. The van der Waals surface area contributed by atoms with E-state index in [1.807, 2.05) is 30.3 Å². The van der Waals surface area contributed by atoms with Gasteiger partial charge in [0.25, 0.3) is 17.5 Å². The number of carbonyl (C=O) groups is 2. The standard InChI is InChI=1S/C27H23N5O5/c1-16(37-2)28-22-11-7-6-10-20(22)26(33)30-25-27(34)31-13-12-18-14-19(32(35)36)15-21(24(18)31)23(29-25)17-8-4-3-5-9-17/h3-11,14-15,25H,12-13H2,1-2H3,(H,30,33). The Bertz CT molecular complexity index is 1480. The molecule has 2 heterocycles. The van der Waals surface area contributed by atoms with Crippen molar-refractivity contribution >= 4 is 40.5 Å². The largest absolute Gasteiger partial charge is 0.484 e. The molecular formula is C27H23N5O5. The third-order valence-electron chi connectivity index (χ3n) is 6.31. The van der Waals surface area contributed by atoms with Crippen LogP contribution in [0.2, 0.25) is 0 Å². The van der Waals surface area contributed by atoms with Gasteiger partial charge in [-0.05, 0) is 24.1 Å². The summed E-state index contributed by atoms with van der Waals surface area (Å²) in [7, 11) is 1.48. The zero-order valence-corrected chi connectivity index (χ0v) is 20.2. The van der Waals surface area contributed by atoms with Crippen LogP contribution in [0.25, 0.3) is 0 Å². The number of carbonyl (C=O) groups excluding carboxylic acids is 2. The van der Waals surface area contributed by atoms with E-state index in [0.717, 1.165) is 0 Å². The molecule has 3 aromatic rings. The molecule has 10 heteroatoms. The first-order chi connectivity index (χ1) is 17.9. The van der Waals surface area contributed by atoms with Crippen LogP contribution in [0.5, 0.6) is 0 Å². The average Bonchev–Trinajstić information content (AvgIpc) is 3.30. The summed E-state index contributed by atoms with van der Waals surface area (Å²) < 4.78 is 5.12. The van der Waals surface area contributed by atoms with E-state index in [4.69, 9.17) is 4.74 Å². The van der Waals surface area contributed by atoms with Gasteiger partial charge < -0.3 is 15.0 Å². The van der Waals surface area contributed by atoms with Gasteiger partial charge in [0.1, 0.15) is 0 Å². The molecule has 0 aliphatic carbocycles. The van der Waals surface area contributed by atoms with Crippen LogP contribution < -0.4 is 10.2 Å². The molecule has 1 atom stereocenters. The smallest absolute Gasteiger partial charge is 0.272 e. The van der Waals surface area contributed by atoms with Crippen molar-refractivity contribution in [2.45, 2.75) is 19.5 Å². The lowest BCUT2D eigenvalue weighted by molar-refractivity contribution is -0.384. The first-order valence-electron chi connectivity index (χ1n) is 11.6. The van der Waals surface area contributed by atoms with Crippen molar-refractivity contribution in [3.8, 4) is 0 Å². The lowest BCUT2D eigenvalue weighted by Gasteiger charge is -2.21. The molecule has 0 bridgehead atoms. The third kappa shape index (κ3) is 4.44. The molecule has 2 amide bonds. The molecular weight excluding hydrogens is 474 g/mol. The average molecular weight is 498 g/mol. The van der Waals surface area contributed by atoms with Gasteiger partial charge in [0.2, 0.25) is 6.17 Å². The summed E-state index contributed by atoms with van der Waals surface area (Å²) in [6, 6.07) is 18.8. The van der Waals surface area contributed by atoms with Gasteiger partial charge in [-0.3, -0.25) is 19.7 Å². The Morgan fingerprint density at radius 3 is 2.62 bits per heavy atom. The molecule has 37 heavy (non-hydrogen) atoms. The maximum atomic E-state index is 13.7. The van der Waals surface area contributed by atoms with Crippen molar-refractivity contribution in [1.29, 1.82) is 0 Å². The molecule has 0 fully saturated rings. The Morgan fingerprint density at radius 2 is 1.89 bits per heavy atom. The highest BCUT2D eigenvalue weighted by Gasteiger charge is 2.38. The summed E-state index contributed by atoms with van der Waals surface area (Å²) in [6.45, 7) is 2.00. The zero-order chi connectivity index (χ0) is 26.1. The predicted molar refractivity (Wildman–Crippen MR) is 139 cm³/mol. The van der Waals surface area contributed by atoms with E-state index in [-0.39, 0.29) is 11.3 Å². The Hall–Kier alpha value is -4.86. The number of ether oxygens (including phenoxy) is 1. The number of aliphatic imine (C=N–C) groups is 2. The molecule has 1 N–H and O–H groups in total. The van der Waals surface area contributed by atoms with Crippen molar-refractivity contribution in [2.24, 2.45) is 9.98 Å². The minimum atomic E-state index is -1.25. The molecule has 1 unspecified atom stereocenters. The second kappa shape index (κ2) is 9.65. The molecule has 10 nitrogen and oxygen atoms in total. The third-order valence-corrected chi connectivity index (χ3v) is 6.31. The van der Waals surface area contributed by atoms with Gasteiger partial charge in [0, 0.05) is 36.7 Å². The number of benzene rings is 3. The van der Waals surface area contributed by atoms with Crippen LogP contribution in [0.4, 0.5) is 17.1 Å². The minimum Gasteiger partial charge on any atom is -0.484 e. The molecule has 186 valence electrons. The maximum absolute atomic E-state index is 13.7. The zero-order valence-electron chi connectivity index (χ0n) is 20.2. The topological polar surface area (TPSA) is 126 Å². The molecule has 0 spiro atoms. The van der Waals surface area contributed by atoms with E-state index in [9.17, 15) is 19.7 Å². The van der Waals surface area contributed by atoms with E-state index < -0.39 is 22.9 Å². The Morgan fingerprint density at radius 1 is 1.16 bits per heavy atom. The molecule has 0 saturated heterocycles. The highest BCUT2D eigenvalue weighted by Crippen LogP contribution is 2.39. The van der Waals surface area contributed by atoms with Gasteiger partial charge in [-0.2, -0.15) is 0 Å². The van der Waals surface area contributed by atoms with Gasteiger partial charge in [-0.15, -0.1) is 0 Å². The minimum absolute atomic E-state index is 0.0746. The number of amides is 2. The summed E-state index contributed by atoms with van der Waals surface area (Å²) >= 11 is 0. The van der Waals surface area contributed by atoms with Crippen molar-refractivity contribution in [2.75, 3.05) is 18.6 Å². The van der Waals surface area contributed by atoms with Crippen LogP contribution in [0.3, 0.4) is 0 Å². The number of methoxy groups -OCH3 is 1. The number of non-ortho nitro benzene ring substituents is 1. The molecule has 0 saturated carbocycles. The Labute approximate surface area is 212 Å². The van der Waals surface area contributed by atoms with Crippen LogP contribution in [0.1, 0.15) is 34.0 Å². The monoisotopic (exact) mass is 497 g/mol. The highest BCUT2D eigenvalue weighted by atomic mass is 16.6. The van der Waals surface area contributed by atoms with Gasteiger partial charge in [0.15, 0.2) is 5.90 Å². The van der Waals surface area contributed by atoms with Crippen LogP contribution in [0, 0.1) is 10.1 Å². The summed E-state index contributed by atoms with van der Waals surface area (Å²) in [4.78, 5) is 48.8. The van der Waals surface area contributed by atoms with E-state index in [1.165, 1.54) is 19.2 Å². The van der Waals surface area contributed by atoms with Crippen molar-refractivity contribution in [3.05, 3.63) is 99.1 Å². The first-order valence-corrected chi connectivity index (χ1v) is 11.6. The number of para-hydroxylation sites is 1. The van der Waals surface area contributed by atoms with Crippen LogP contribution >= 0.6 is 0 Å². The fraction of sp³-hybridized carbons (Fsp3) is 0.185. The number of anilines is 1. The molecule has 0 radical (unpaired) electrons. The fourth-order valence-electron chi connectivity index (χ4n) is 4.54. The van der Waals surface area contributed by atoms with Gasteiger partial charge in [-0.25, -0.2) is 9.98 Å². The van der Waals surface area contributed by atoms with Gasteiger partial charge in [-0.1, -0.05) is 42.5 Å². The number of hydrogen-bond acceptors (Lipinski definition) is 7. The molecule has 2 aliphatic rings. The predicted octanol–water partition coefficient (Wildman–Crippen LogP) is 3.79. The second-order valence-corrected chi connectivity index (χ2v) is 8.57. The van der Waals surface area contributed by atoms with Crippen LogP contribution in [0.15, 0.2) is 76.7 Å². The Balaban J connectivity index is 1.62. The molecule has 0 aromatic heterocycles. The number of hydrogen-bond donors (Lipinski definition) is 1. The SMILES string of the molecule is COC(C)=Nc1ccccc1C(=O)NC1N=C(c2ccccc2)c2cc([N+](=O)[O-])cc3c2N(CC3)C1=O. The van der Waals surface area contributed by atoms with Gasteiger partial charge in [0.05, 0.1) is 34.7 Å². The lowest BCUT2D eigenvalue weighted by atomic mass is 9.97. The normalized spacial score (nSPS) is 16.5. The van der Waals surface area contributed by atoms with E-state index in [0.29, 0.717) is 52.6 Å². The Kier molecular flexibility index (Phi) is 6.22.